The summed E-state index contributed by atoms with van der Waals surface area (Å²) < 4.78 is 1.67. The Morgan fingerprint density at radius 3 is 2.93 bits per heavy atom. The maximum atomic E-state index is 11.6. The molecule has 0 atom stereocenters. The molecule has 4 heteroatoms. The third-order valence-electron chi connectivity index (χ3n) is 2.12. The lowest BCUT2D eigenvalue weighted by molar-refractivity contribution is 0.474. The van der Waals surface area contributed by atoms with Crippen molar-refractivity contribution in [3.63, 3.8) is 0 Å². The van der Waals surface area contributed by atoms with Gasteiger partial charge in [-0.05, 0) is 17.4 Å². The van der Waals surface area contributed by atoms with Crippen molar-refractivity contribution in [2.24, 2.45) is 5.92 Å². The highest BCUT2D eigenvalue weighted by atomic mass is 32.1. The summed E-state index contributed by atoms with van der Waals surface area (Å²) >= 11 is 1.63. The van der Waals surface area contributed by atoms with Gasteiger partial charge in [0.2, 0.25) is 0 Å². The van der Waals surface area contributed by atoms with Gasteiger partial charge in [-0.3, -0.25) is 14.6 Å². The fourth-order valence-electron chi connectivity index (χ4n) is 1.49. The Bertz CT molecular complexity index is 479. The summed E-state index contributed by atoms with van der Waals surface area (Å²) in [4.78, 5) is 12.7. The summed E-state index contributed by atoms with van der Waals surface area (Å²) in [6.07, 6.45) is 0. The SMILES string of the molecule is CC(C)Cn1[nH]c(-c2cccs2)cc1=O. The van der Waals surface area contributed by atoms with Gasteiger partial charge in [-0.15, -0.1) is 11.3 Å². The van der Waals surface area contributed by atoms with E-state index in [1.165, 1.54) is 0 Å². The molecule has 80 valence electrons. The molecule has 2 rings (SSSR count). The standard InChI is InChI=1S/C11H14N2OS/c1-8(2)7-13-11(14)6-9(12-13)10-4-3-5-15-10/h3-6,8,12H,7H2,1-2H3. The summed E-state index contributed by atoms with van der Waals surface area (Å²) in [5.41, 5.74) is 0.961. The van der Waals surface area contributed by atoms with E-state index in [0.29, 0.717) is 5.92 Å². The van der Waals surface area contributed by atoms with Gasteiger partial charge in [0.05, 0.1) is 10.6 Å². The number of nitrogens with zero attached hydrogens (tertiary/aromatic N) is 1. The zero-order valence-electron chi connectivity index (χ0n) is 8.86. The van der Waals surface area contributed by atoms with E-state index in [4.69, 9.17) is 0 Å². The van der Waals surface area contributed by atoms with E-state index in [1.807, 2.05) is 17.5 Å². The molecular weight excluding hydrogens is 208 g/mol. The maximum absolute atomic E-state index is 11.6. The van der Waals surface area contributed by atoms with Crippen molar-refractivity contribution < 1.29 is 0 Å². The molecule has 3 nitrogen and oxygen atoms in total. The normalized spacial score (nSPS) is 11.1. The molecule has 2 heterocycles. The number of thiophene rings is 1. The maximum Gasteiger partial charge on any atom is 0.267 e. The predicted molar refractivity (Wildman–Crippen MR) is 63.2 cm³/mol. The van der Waals surface area contributed by atoms with Crippen molar-refractivity contribution in [3.05, 3.63) is 33.9 Å². The fourth-order valence-corrected chi connectivity index (χ4v) is 2.19. The van der Waals surface area contributed by atoms with Crippen molar-refractivity contribution in [2.45, 2.75) is 20.4 Å². The average Bonchev–Trinajstić information content (AvgIpc) is 2.75. The third-order valence-corrected chi connectivity index (χ3v) is 3.03. The van der Waals surface area contributed by atoms with Crippen molar-refractivity contribution in [1.82, 2.24) is 9.78 Å². The lowest BCUT2D eigenvalue weighted by atomic mass is 10.2. The third kappa shape index (κ3) is 2.21. The van der Waals surface area contributed by atoms with Crippen molar-refractivity contribution in [1.29, 1.82) is 0 Å². The summed E-state index contributed by atoms with van der Waals surface area (Å²) in [7, 11) is 0. The Hall–Kier alpha value is -1.29. The first kappa shape index (κ1) is 10.2. The molecule has 2 aromatic heterocycles. The summed E-state index contributed by atoms with van der Waals surface area (Å²) in [5.74, 6) is 0.470. The lowest BCUT2D eigenvalue weighted by Gasteiger charge is -2.04. The molecular formula is C11H14N2OS. The minimum absolute atomic E-state index is 0.0482. The van der Waals surface area contributed by atoms with Crippen molar-refractivity contribution in [3.8, 4) is 10.6 Å². The largest absolute Gasteiger partial charge is 0.294 e. The molecule has 1 N–H and O–H groups in total. The van der Waals surface area contributed by atoms with E-state index in [-0.39, 0.29) is 5.56 Å². The van der Waals surface area contributed by atoms with Crippen LogP contribution in [0, 0.1) is 5.92 Å². The molecule has 0 spiro atoms. The summed E-state index contributed by atoms with van der Waals surface area (Å²) in [6, 6.07) is 5.65. The van der Waals surface area contributed by atoms with Crippen LogP contribution in [0.3, 0.4) is 0 Å². The first-order chi connectivity index (χ1) is 7.16. The second-order valence-electron chi connectivity index (χ2n) is 3.99. The van der Waals surface area contributed by atoms with Crippen LogP contribution >= 0.6 is 11.3 Å². The van der Waals surface area contributed by atoms with Gasteiger partial charge in [0.15, 0.2) is 0 Å². The number of nitrogens with one attached hydrogen (secondary N) is 1. The molecule has 0 aromatic carbocycles. The highest BCUT2D eigenvalue weighted by Gasteiger charge is 2.06. The van der Waals surface area contributed by atoms with Gasteiger partial charge < -0.3 is 0 Å². The Morgan fingerprint density at radius 2 is 2.33 bits per heavy atom. The smallest absolute Gasteiger partial charge is 0.267 e. The monoisotopic (exact) mass is 222 g/mol. The highest BCUT2D eigenvalue weighted by Crippen LogP contribution is 2.21. The van der Waals surface area contributed by atoms with Gasteiger partial charge in [-0.1, -0.05) is 19.9 Å². The minimum Gasteiger partial charge on any atom is -0.294 e. The molecule has 0 radical (unpaired) electrons. The molecule has 0 unspecified atom stereocenters. The molecule has 0 aliphatic heterocycles. The van der Waals surface area contributed by atoms with Gasteiger partial charge in [0.25, 0.3) is 5.56 Å². The molecule has 0 aliphatic carbocycles. The number of aromatic nitrogens is 2. The van der Waals surface area contributed by atoms with Crippen LogP contribution in [-0.4, -0.2) is 9.78 Å². The summed E-state index contributed by atoms with van der Waals surface area (Å²) in [6.45, 7) is 4.93. The average molecular weight is 222 g/mol. The Labute approximate surface area is 92.4 Å². The number of aromatic amines is 1. The van der Waals surface area contributed by atoms with Gasteiger partial charge in [0, 0.05) is 12.6 Å². The summed E-state index contributed by atoms with van der Waals surface area (Å²) in [5, 5.41) is 5.14. The quantitative estimate of drug-likeness (QED) is 0.851. The van der Waals surface area contributed by atoms with Crippen LogP contribution in [0.4, 0.5) is 0 Å². The Kier molecular flexibility index (Phi) is 2.77. The zero-order chi connectivity index (χ0) is 10.8. The number of hydrogen-bond acceptors (Lipinski definition) is 2. The van der Waals surface area contributed by atoms with Crippen molar-refractivity contribution in [2.75, 3.05) is 0 Å². The van der Waals surface area contributed by atoms with E-state index >= 15 is 0 Å². The molecule has 0 amide bonds. The highest BCUT2D eigenvalue weighted by molar-refractivity contribution is 7.13. The molecule has 0 saturated heterocycles. The van der Waals surface area contributed by atoms with Crippen LogP contribution in [0.2, 0.25) is 0 Å². The van der Waals surface area contributed by atoms with E-state index < -0.39 is 0 Å². The van der Waals surface area contributed by atoms with E-state index in [9.17, 15) is 4.79 Å². The minimum atomic E-state index is 0.0482. The first-order valence-corrected chi connectivity index (χ1v) is 5.88. The number of hydrogen-bond donors (Lipinski definition) is 1. The van der Waals surface area contributed by atoms with Gasteiger partial charge in [-0.2, -0.15) is 0 Å². The lowest BCUT2D eigenvalue weighted by Crippen LogP contribution is -2.18. The van der Waals surface area contributed by atoms with Crippen LogP contribution in [0.5, 0.6) is 0 Å². The Balaban J connectivity index is 2.33. The first-order valence-electron chi connectivity index (χ1n) is 5.00. The molecule has 15 heavy (non-hydrogen) atoms. The predicted octanol–water partition coefficient (Wildman–Crippen LogP) is 2.56. The van der Waals surface area contributed by atoms with E-state index in [1.54, 1.807) is 22.1 Å². The second-order valence-corrected chi connectivity index (χ2v) is 4.94. The van der Waals surface area contributed by atoms with Gasteiger partial charge in [-0.25, -0.2) is 0 Å². The van der Waals surface area contributed by atoms with E-state index in [0.717, 1.165) is 17.1 Å². The fraction of sp³-hybridized carbons (Fsp3) is 0.364. The number of rotatable bonds is 3. The topological polar surface area (TPSA) is 37.8 Å². The van der Waals surface area contributed by atoms with Gasteiger partial charge in [0.1, 0.15) is 0 Å². The molecule has 0 fully saturated rings. The molecule has 0 bridgehead atoms. The van der Waals surface area contributed by atoms with Crippen LogP contribution in [-0.2, 0) is 6.54 Å². The molecule has 0 aliphatic rings. The molecule has 0 saturated carbocycles. The van der Waals surface area contributed by atoms with Crippen LogP contribution in [0.1, 0.15) is 13.8 Å². The van der Waals surface area contributed by atoms with E-state index in [2.05, 4.69) is 18.9 Å². The van der Waals surface area contributed by atoms with Crippen LogP contribution in [0.25, 0.3) is 10.6 Å². The van der Waals surface area contributed by atoms with Crippen molar-refractivity contribution >= 4 is 11.3 Å². The molecule has 2 aromatic rings. The van der Waals surface area contributed by atoms with Gasteiger partial charge >= 0.3 is 0 Å². The Morgan fingerprint density at radius 1 is 1.53 bits per heavy atom. The van der Waals surface area contributed by atoms with Crippen LogP contribution in [0.15, 0.2) is 28.4 Å². The number of H-pyrrole nitrogens is 1. The second kappa shape index (κ2) is 4.06. The van der Waals surface area contributed by atoms with Crippen LogP contribution < -0.4 is 5.56 Å². The zero-order valence-corrected chi connectivity index (χ0v) is 9.67.